The number of para-hydroxylation sites is 1. The number of nitrogens with one attached hydrogen (secondary N) is 1. The first kappa shape index (κ1) is 22.8. The van der Waals surface area contributed by atoms with Crippen LogP contribution in [0.25, 0.3) is 5.69 Å². The first-order chi connectivity index (χ1) is 14.6. The van der Waals surface area contributed by atoms with Gasteiger partial charge in [-0.1, -0.05) is 18.2 Å². The van der Waals surface area contributed by atoms with E-state index in [0.29, 0.717) is 17.0 Å². The molecule has 0 radical (unpaired) electrons. The van der Waals surface area contributed by atoms with Crippen molar-refractivity contribution in [3.8, 4) is 5.69 Å². The van der Waals surface area contributed by atoms with Gasteiger partial charge in [0.1, 0.15) is 12.6 Å². The molecule has 1 amide bonds. The van der Waals surface area contributed by atoms with Crippen molar-refractivity contribution < 1.29 is 27.5 Å². The van der Waals surface area contributed by atoms with E-state index < -0.39 is 36.7 Å². The van der Waals surface area contributed by atoms with E-state index in [4.69, 9.17) is 4.74 Å². The Morgan fingerprint density at radius 1 is 1.29 bits per heavy atom. The summed E-state index contributed by atoms with van der Waals surface area (Å²) < 4.78 is 45.1. The molecule has 0 aliphatic carbocycles. The third kappa shape index (κ3) is 5.07. The summed E-state index contributed by atoms with van der Waals surface area (Å²) in [7, 11) is 0. The molecule has 1 aliphatic heterocycles. The maximum atomic E-state index is 12.8. The summed E-state index contributed by atoms with van der Waals surface area (Å²) in [5, 5.41) is 7.47. The van der Waals surface area contributed by atoms with Gasteiger partial charge in [0.25, 0.3) is 0 Å². The number of aromatic nitrogens is 2. The fraction of sp³-hybridized carbons (Fsp3) is 0.476. The second-order valence-corrected chi connectivity index (χ2v) is 7.40. The number of carbonyl (C=O) groups is 2. The molecule has 1 N–H and O–H groups in total. The molecular formula is C21H25F3N4O3. The van der Waals surface area contributed by atoms with E-state index in [2.05, 4.69) is 10.4 Å². The van der Waals surface area contributed by atoms with E-state index in [0.717, 1.165) is 10.6 Å². The van der Waals surface area contributed by atoms with Gasteiger partial charge in [-0.2, -0.15) is 18.3 Å². The highest BCUT2D eigenvalue weighted by Crippen LogP contribution is 2.28. The van der Waals surface area contributed by atoms with Gasteiger partial charge < -0.3 is 9.64 Å². The molecule has 1 saturated heterocycles. The molecular weight excluding hydrogens is 413 g/mol. The molecule has 1 aromatic carbocycles. The van der Waals surface area contributed by atoms with E-state index in [1.54, 1.807) is 25.5 Å². The normalized spacial score (nSPS) is 17.8. The molecule has 1 fully saturated rings. The van der Waals surface area contributed by atoms with Crippen LogP contribution in [0, 0.1) is 13.8 Å². The standard InChI is InChI=1S/C21H25F3N4O3/c1-4-31-20(30)18(25-16-10-11-27(19(16)29)12-21(22,23)24)17-13(2)26-28(14(17)3)15-8-6-5-7-9-15/h5-9,16,18,25H,4,10-12H2,1-3H3/t16-,18+/m0/s1. The van der Waals surface area contributed by atoms with E-state index in [1.165, 1.54) is 0 Å². The molecule has 1 aliphatic rings. The van der Waals surface area contributed by atoms with Gasteiger partial charge in [-0.25, -0.2) is 9.48 Å². The number of rotatable bonds is 7. The number of alkyl halides is 3. The van der Waals surface area contributed by atoms with Crippen LogP contribution < -0.4 is 5.32 Å². The molecule has 0 spiro atoms. The molecule has 7 nitrogen and oxygen atoms in total. The van der Waals surface area contributed by atoms with Crippen LogP contribution in [0.4, 0.5) is 13.2 Å². The van der Waals surface area contributed by atoms with Crippen molar-refractivity contribution in [1.29, 1.82) is 0 Å². The van der Waals surface area contributed by atoms with E-state index in [1.807, 2.05) is 30.3 Å². The highest BCUT2D eigenvalue weighted by Gasteiger charge is 2.41. The van der Waals surface area contributed by atoms with Gasteiger partial charge in [0.05, 0.1) is 24.0 Å². The minimum Gasteiger partial charge on any atom is -0.465 e. The molecule has 2 aromatic rings. The molecule has 3 rings (SSSR count). The lowest BCUT2D eigenvalue weighted by atomic mass is 10.0. The van der Waals surface area contributed by atoms with Gasteiger partial charge in [0.15, 0.2) is 0 Å². The molecule has 1 aromatic heterocycles. The first-order valence-corrected chi connectivity index (χ1v) is 10.0. The molecule has 0 unspecified atom stereocenters. The Kier molecular flexibility index (Phi) is 6.68. The Labute approximate surface area is 178 Å². The number of hydrogen-bond acceptors (Lipinski definition) is 5. The van der Waals surface area contributed by atoms with Crippen LogP contribution in [-0.4, -0.2) is 58.5 Å². The molecule has 31 heavy (non-hydrogen) atoms. The van der Waals surface area contributed by atoms with Gasteiger partial charge in [0, 0.05) is 17.8 Å². The molecule has 10 heteroatoms. The quantitative estimate of drug-likeness (QED) is 0.673. The second kappa shape index (κ2) is 9.09. The summed E-state index contributed by atoms with van der Waals surface area (Å²) in [5.41, 5.74) is 2.57. The number of benzene rings is 1. The summed E-state index contributed by atoms with van der Waals surface area (Å²) in [4.78, 5) is 26.0. The maximum absolute atomic E-state index is 12.8. The number of aryl methyl sites for hydroxylation is 1. The Balaban J connectivity index is 1.90. The number of hydrogen-bond donors (Lipinski definition) is 1. The van der Waals surface area contributed by atoms with Crippen LogP contribution in [0.3, 0.4) is 0 Å². The summed E-state index contributed by atoms with van der Waals surface area (Å²) in [6.45, 7) is 3.98. The summed E-state index contributed by atoms with van der Waals surface area (Å²) in [6, 6.07) is 7.37. The number of amides is 1. The Bertz CT molecular complexity index is 943. The highest BCUT2D eigenvalue weighted by atomic mass is 19.4. The monoisotopic (exact) mass is 438 g/mol. The summed E-state index contributed by atoms with van der Waals surface area (Å²) >= 11 is 0. The average molecular weight is 438 g/mol. The lowest BCUT2D eigenvalue weighted by Gasteiger charge is -2.23. The zero-order chi connectivity index (χ0) is 22.8. The molecule has 2 heterocycles. The SMILES string of the molecule is CCOC(=O)[C@H](N[C@H]1CCN(CC(F)(F)F)C1=O)c1c(C)nn(-c2ccccc2)c1C. The number of ether oxygens (including phenoxy) is 1. The van der Waals surface area contributed by atoms with Crippen molar-refractivity contribution in [3.63, 3.8) is 0 Å². The van der Waals surface area contributed by atoms with Crippen LogP contribution in [0.1, 0.15) is 36.3 Å². The van der Waals surface area contributed by atoms with Crippen molar-refractivity contribution in [1.82, 2.24) is 20.0 Å². The Morgan fingerprint density at radius 3 is 2.58 bits per heavy atom. The molecule has 168 valence electrons. The second-order valence-electron chi connectivity index (χ2n) is 7.40. The molecule has 0 saturated carbocycles. The van der Waals surface area contributed by atoms with Crippen LogP contribution in [0.2, 0.25) is 0 Å². The van der Waals surface area contributed by atoms with Crippen molar-refractivity contribution in [2.45, 2.75) is 45.5 Å². The van der Waals surface area contributed by atoms with Gasteiger partial charge >= 0.3 is 12.1 Å². The van der Waals surface area contributed by atoms with Crippen LogP contribution >= 0.6 is 0 Å². The van der Waals surface area contributed by atoms with Gasteiger partial charge in [-0.15, -0.1) is 0 Å². The minimum absolute atomic E-state index is 0.0349. The zero-order valence-electron chi connectivity index (χ0n) is 17.6. The maximum Gasteiger partial charge on any atom is 0.406 e. The summed E-state index contributed by atoms with van der Waals surface area (Å²) in [6.07, 6.45) is -4.31. The number of esters is 1. The van der Waals surface area contributed by atoms with E-state index >= 15 is 0 Å². The predicted molar refractivity (Wildman–Crippen MR) is 107 cm³/mol. The summed E-state index contributed by atoms with van der Waals surface area (Å²) in [5.74, 6) is -1.29. The topological polar surface area (TPSA) is 76.5 Å². The lowest BCUT2D eigenvalue weighted by Crippen LogP contribution is -2.45. The number of likely N-dealkylation sites (tertiary alicyclic amines) is 1. The van der Waals surface area contributed by atoms with Gasteiger partial charge in [-0.3, -0.25) is 10.1 Å². The highest BCUT2D eigenvalue weighted by molar-refractivity contribution is 5.86. The van der Waals surface area contributed by atoms with Gasteiger partial charge in [-0.05, 0) is 39.3 Å². The number of halogens is 3. The van der Waals surface area contributed by atoms with E-state index in [-0.39, 0.29) is 19.6 Å². The van der Waals surface area contributed by atoms with Crippen LogP contribution in [0.5, 0.6) is 0 Å². The van der Waals surface area contributed by atoms with Crippen molar-refractivity contribution in [3.05, 3.63) is 47.3 Å². The smallest absolute Gasteiger partial charge is 0.406 e. The average Bonchev–Trinajstić information content (AvgIpc) is 3.19. The van der Waals surface area contributed by atoms with E-state index in [9.17, 15) is 22.8 Å². The molecule has 0 bridgehead atoms. The largest absolute Gasteiger partial charge is 0.465 e. The third-order valence-corrected chi connectivity index (χ3v) is 5.19. The van der Waals surface area contributed by atoms with Crippen molar-refractivity contribution >= 4 is 11.9 Å². The molecule has 2 atom stereocenters. The predicted octanol–water partition coefficient (Wildman–Crippen LogP) is 2.85. The fourth-order valence-electron chi connectivity index (χ4n) is 3.86. The van der Waals surface area contributed by atoms with Crippen molar-refractivity contribution in [2.75, 3.05) is 19.7 Å². The van der Waals surface area contributed by atoms with Crippen molar-refractivity contribution in [2.24, 2.45) is 0 Å². The first-order valence-electron chi connectivity index (χ1n) is 10.0. The Hall–Kier alpha value is -2.88. The Morgan fingerprint density at radius 2 is 1.97 bits per heavy atom. The zero-order valence-corrected chi connectivity index (χ0v) is 17.6. The lowest BCUT2D eigenvalue weighted by molar-refractivity contribution is -0.158. The number of nitrogens with zero attached hydrogens (tertiary/aromatic N) is 3. The number of carbonyl (C=O) groups excluding carboxylic acids is 2. The minimum atomic E-state index is -4.48. The van der Waals surface area contributed by atoms with Crippen LogP contribution in [0.15, 0.2) is 30.3 Å². The van der Waals surface area contributed by atoms with Crippen LogP contribution in [-0.2, 0) is 14.3 Å². The third-order valence-electron chi connectivity index (χ3n) is 5.19. The fourth-order valence-corrected chi connectivity index (χ4v) is 3.86. The van der Waals surface area contributed by atoms with Gasteiger partial charge in [0.2, 0.25) is 5.91 Å².